The smallest absolute Gasteiger partial charge is 0.252 e. The molecule has 2 aromatic carbocycles. The fraction of sp³-hybridized carbons (Fsp3) is 0.304. The molecule has 3 aromatic rings. The van der Waals surface area contributed by atoms with E-state index in [1.807, 2.05) is 61.5 Å². The molecule has 1 atom stereocenters. The zero-order chi connectivity index (χ0) is 20.2. The molecular formula is C23H24N2O3S. The third-order valence-electron chi connectivity index (χ3n) is 4.74. The lowest BCUT2D eigenvalue weighted by Gasteiger charge is -2.13. The summed E-state index contributed by atoms with van der Waals surface area (Å²) in [5.74, 6) is 1.11. The third-order valence-corrected chi connectivity index (χ3v) is 5.79. The molecule has 0 saturated heterocycles. The first-order valence-electron chi connectivity index (χ1n) is 9.79. The molecule has 2 N–H and O–H groups in total. The number of ether oxygens (including phenoxy) is 1. The van der Waals surface area contributed by atoms with Gasteiger partial charge in [0.1, 0.15) is 12.4 Å². The number of rotatable bonds is 8. The molecule has 1 aliphatic rings. The average Bonchev–Trinajstić information content (AvgIpc) is 3.55. The molecule has 1 aliphatic carbocycles. The van der Waals surface area contributed by atoms with Crippen molar-refractivity contribution in [1.29, 1.82) is 0 Å². The first-order valence-corrected chi connectivity index (χ1v) is 10.8. The second-order valence-corrected chi connectivity index (χ2v) is 8.40. The van der Waals surface area contributed by atoms with Crippen molar-refractivity contribution < 1.29 is 14.6 Å². The van der Waals surface area contributed by atoms with E-state index in [2.05, 4.69) is 10.3 Å². The van der Waals surface area contributed by atoms with E-state index in [0.717, 1.165) is 40.1 Å². The molecule has 0 radical (unpaired) electrons. The summed E-state index contributed by atoms with van der Waals surface area (Å²) in [5, 5.41) is 14.9. The molecule has 1 unspecified atom stereocenters. The van der Waals surface area contributed by atoms with Crippen molar-refractivity contribution in [2.24, 2.45) is 0 Å². The highest BCUT2D eigenvalue weighted by molar-refractivity contribution is 7.99. The zero-order valence-electron chi connectivity index (χ0n) is 16.3. The first-order chi connectivity index (χ1) is 14.1. The zero-order valence-corrected chi connectivity index (χ0v) is 17.1. The number of benzene rings is 2. The largest absolute Gasteiger partial charge is 0.491 e. The molecule has 1 heterocycles. The molecule has 29 heavy (non-hydrogen) atoms. The van der Waals surface area contributed by atoms with Gasteiger partial charge < -0.3 is 15.2 Å². The van der Waals surface area contributed by atoms with Crippen LogP contribution in [0.3, 0.4) is 0 Å². The number of hydrogen-bond acceptors (Lipinski definition) is 5. The van der Waals surface area contributed by atoms with Crippen molar-refractivity contribution in [3.63, 3.8) is 0 Å². The number of pyridine rings is 1. The summed E-state index contributed by atoms with van der Waals surface area (Å²) in [6.45, 7) is 2.23. The number of thioether (sulfide) groups is 1. The molecule has 1 aromatic heterocycles. The Kier molecular flexibility index (Phi) is 6.02. The van der Waals surface area contributed by atoms with Crippen LogP contribution in [0.5, 0.6) is 5.75 Å². The van der Waals surface area contributed by atoms with Crippen molar-refractivity contribution in [3.8, 4) is 5.75 Å². The van der Waals surface area contributed by atoms with Gasteiger partial charge in [-0.3, -0.25) is 4.79 Å². The fourth-order valence-electron chi connectivity index (χ4n) is 2.96. The van der Waals surface area contributed by atoms with Gasteiger partial charge in [-0.1, -0.05) is 35.9 Å². The quantitative estimate of drug-likeness (QED) is 0.552. The van der Waals surface area contributed by atoms with Crippen molar-refractivity contribution in [2.75, 3.05) is 12.4 Å². The maximum Gasteiger partial charge on any atom is 0.252 e. The number of aryl methyl sites for hydroxylation is 1. The Morgan fingerprint density at radius 2 is 2.00 bits per heavy atom. The number of para-hydroxylation sites is 1. The number of hydrogen-bond donors (Lipinski definition) is 2. The van der Waals surface area contributed by atoms with Crippen LogP contribution < -0.4 is 10.1 Å². The lowest BCUT2D eigenvalue weighted by molar-refractivity contribution is 0.0952. The minimum atomic E-state index is -0.640. The Morgan fingerprint density at radius 1 is 1.24 bits per heavy atom. The van der Waals surface area contributed by atoms with Crippen LogP contribution in [0.25, 0.3) is 10.9 Å². The summed E-state index contributed by atoms with van der Waals surface area (Å²) < 4.78 is 5.65. The van der Waals surface area contributed by atoms with E-state index < -0.39 is 6.10 Å². The molecule has 0 aliphatic heterocycles. The van der Waals surface area contributed by atoms with E-state index in [1.54, 1.807) is 0 Å². The molecule has 0 spiro atoms. The predicted octanol–water partition coefficient (Wildman–Crippen LogP) is 3.97. The van der Waals surface area contributed by atoms with E-state index in [4.69, 9.17) is 4.74 Å². The Hall–Kier alpha value is -2.57. The molecular weight excluding hydrogens is 384 g/mol. The van der Waals surface area contributed by atoms with Crippen molar-refractivity contribution in [1.82, 2.24) is 10.3 Å². The number of aliphatic hydroxyl groups excluding tert-OH is 1. The van der Waals surface area contributed by atoms with Gasteiger partial charge in [-0.2, -0.15) is 0 Å². The van der Waals surface area contributed by atoms with E-state index >= 15 is 0 Å². The van der Waals surface area contributed by atoms with Gasteiger partial charge in [-0.05, 0) is 44.0 Å². The second kappa shape index (κ2) is 8.84. The maximum absolute atomic E-state index is 12.7. The van der Waals surface area contributed by atoms with Gasteiger partial charge in [-0.25, -0.2) is 4.98 Å². The van der Waals surface area contributed by atoms with Crippen LogP contribution in [0, 0.1) is 6.92 Å². The van der Waals surface area contributed by atoms with Gasteiger partial charge in [0.05, 0.1) is 22.2 Å². The van der Waals surface area contributed by atoms with E-state index in [-0.39, 0.29) is 12.5 Å². The molecule has 1 fully saturated rings. The number of nitrogens with zero attached hydrogens (tertiary/aromatic N) is 1. The van der Waals surface area contributed by atoms with Crippen LogP contribution in [0.1, 0.15) is 28.8 Å². The second-order valence-electron chi connectivity index (χ2n) is 7.36. The molecule has 4 rings (SSSR count). The summed E-state index contributed by atoms with van der Waals surface area (Å²) in [7, 11) is 0. The van der Waals surface area contributed by atoms with Crippen molar-refractivity contribution in [3.05, 3.63) is 65.7 Å². The lowest BCUT2D eigenvalue weighted by Crippen LogP contribution is -2.25. The fourth-order valence-corrected chi connectivity index (χ4v) is 3.78. The summed E-state index contributed by atoms with van der Waals surface area (Å²) in [6, 6.07) is 17.5. The normalized spacial score (nSPS) is 14.6. The van der Waals surface area contributed by atoms with Crippen molar-refractivity contribution in [2.45, 2.75) is 36.9 Å². The summed E-state index contributed by atoms with van der Waals surface area (Å²) in [6.07, 6.45) is 1.45. The Labute approximate surface area is 174 Å². The molecule has 150 valence electrons. The van der Waals surface area contributed by atoms with Gasteiger partial charge >= 0.3 is 0 Å². The average molecular weight is 409 g/mol. The van der Waals surface area contributed by atoms with Gasteiger partial charge in [-0.15, -0.1) is 11.8 Å². The number of carbonyl (C=O) groups excluding carboxylic acids is 1. The number of aromatic nitrogens is 1. The summed E-state index contributed by atoms with van der Waals surface area (Å²) in [5.41, 5.74) is 2.58. The van der Waals surface area contributed by atoms with Crippen molar-refractivity contribution >= 4 is 28.6 Å². The van der Waals surface area contributed by atoms with E-state index in [9.17, 15) is 9.90 Å². The van der Waals surface area contributed by atoms with Crippen LogP contribution in [0.4, 0.5) is 0 Å². The highest BCUT2D eigenvalue weighted by Crippen LogP contribution is 2.26. The monoisotopic (exact) mass is 408 g/mol. The number of carbonyl (C=O) groups is 1. The predicted molar refractivity (Wildman–Crippen MR) is 116 cm³/mol. The minimum Gasteiger partial charge on any atom is -0.491 e. The highest BCUT2D eigenvalue weighted by atomic mass is 32.2. The van der Waals surface area contributed by atoms with Crippen LogP contribution in [0.2, 0.25) is 0 Å². The SMILES string of the molecule is Cc1ccc(OCC(O)CSc2cc(C(=O)NC3CC3)c3ccccc3n2)cc1. The Balaban J connectivity index is 1.41. The van der Waals surface area contributed by atoms with Gasteiger partial charge in [0.25, 0.3) is 5.91 Å². The lowest BCUT2D eigenvalue weighted by atomic mass is 10.1. The van der Waals surface area contributed by atoms with Crippen LogP contribution in [-0.2, 0) is 0 Å². The number of fused-ring (bicyclic) bond motifs is 1. The molecule has 5 nitrogen and oxygen atoms in total. The van der Waals surface area contributed by atoms with E-state index in [0.29, 0.717) is 17.4 Å². The number of amides is 1. The van der Waals surface area contributed by atoms with E-state index in [1.165, 1.54) is 11.8 Å². The Morgan fingerprint density at radius 3 is 2.76 bits per heavy atom. The third kappa shape index (κ3) is 5.28. The minimum absolute atomic E-state index is 0.0591. The molecule has 1 saturated carbocycles. The van der Waals surface area contributed by atoms with Crippen LogP contribution in [-0.4, -0.2) is 40.5 Å². The first kappa shape index (κ1) is 19.7. The van der Waals surface area contributed by atoms with Gasteiger partial charge in [0, 0.05) is 17.2 Å². The van der Waals surface area contributed by atoms with Crippen LogP contribution >= 0.6 is 11.8 Å². The Bertz CT molecular complexity index is 1000. The van der Waals surface area contributed by atoms with Gasteiger partial charge in [0.15, 0.2) is 0 Å². The topological polar surface area (TPSA) is 71.5 Å². The summed E-state index contributed by atoms with van der Waals surface area (Å²) in [4.78, 5) is 17.3. The van der Waals surface area contributed by atoms with Gasteiger partial charge in [0.2, 0.25) is 0 Å². The highest BCUT2D eigenvalue weighted by Gasteiger charge is 2.25. The standard InChI is InChI=1S/C23H24N2O3S/c1-15-6-10-18(11-7-15)28-13-17(26)14-29-22-12-20(23(27)24-16-8-9-16)19-4-2-3-5-21(19)25-22/h2-7,10-12,16-17,26H,8-9,13-14H2,1H3,(H,24,27). The number of nitrogens with one attached hydrogen (secondary N) is 1. The molecule has 0 bridgehead atoms. The molecule has 1 amide bonds. The number of aliphatic hydroxyl groups is 1. The van der Waals surface area contributed by atoms with Crippen LogP contribution in [0.15, 0.2) is 59.6 Å². The summed E-state index contributed by atoms with van der Waals surface area (Å²) >= 11 is 1.43. The maximum atomic E-state index is 12.7. The molecule has 6 heteroatoms.